The van der Waals surface area contributed by atoms with Crippen LogP contribution in [0.5, 0.6) is 0 Å². The van der Waals surface area contributed by atoms with Gasteiger partial charge in [0.15, 0.2) is 0 Å². The van der Waals surface area contributed by atoms with Crippen LogP contribution in [0, 0.1) is 0 Å². The molecule has 3 aromatic rings. The van der Waals surface area contributed by atoms with E-state index in [4.69, 9.17) is 5.11 Å². The molecule has 0 aromatic heterocycles. The van der Waals surface area contributed by atoms with E-state index in [9.17, 15) is 9.69 Å². The Labute approximate surface area is 135 Å². The maximum absolute atomic E-state index is 11.6. The molecule has 0 aliphatic heterocycles. The molecule has 4 heteroatoms. The van der Waals surface area contributed by atoms with E-state index in [1.165, 1.54) is 0 Å². The molecule has 0 aliphatic rings. The van der Waals surface area contributed by atoms with E-state index in [1.807, 2.05) is 60.7 Å². The van der Waals surface area contributed by atoms with Gasteiger partial charge in [0.2, 0.25) is 0 Å². The van der Waals surface area contributed by atoms with Gasteiger partial charge in [-0.15, -0.1) is 0 Å². The van der Waals surface area contributed by atoms with E-state index in [1.54, 1.807) is 24.3 Å². The van der Waals surface area contributed by atoms with Crippen LogP contribution in [-0.4, -0.2) is 16.0 Å². The fraction of sp³-hybridized carbons (Fsp3) is 0. The van der Waals surface area contributed by atoms with Crippen LogP contribution in [0.1, 0.15) is 10.4 Å². The molecule has 0 saturated carbocycles. The summed E-state index contributed by atoms with van der Waals surface area (Å²) in [5.74, 6) is -0.971. The average Bonchev–Trinajstić information content (AvgIpc) is 2.62. The third-order valence-corrected chi connectivity index (χ3v) is 7.44. The van der Waals surface area contributed by atoms with E-state index in [-0.39, 0.29) is 5.56 Å². The van der Waals surface area contributed by atoms with Gasteiger partial charge in [0.25, 0.3) is 0 Å². The van der Waals surface area contributed by atoms with Gasteiger partial charge in [-0.2, -0.15) is 0 Å². The number of carbonyl (C=O) groups is 1. The fourth-order valence-electron chi connectivity index (χ4n) is 2.71. The number of hydrogen-bond acceptors (Lipinski definition) is 2. The molecule has 2 N–H and O–H groups in total. The van der Waals surface area contributed by atoms with Crippen molar-refractivity contribution in [2.45, 2.75) is 0 Å². The Kier molecular flexibility index (Phi) is 4.24. The Morgan fingerprint density at radius 1 is 0.652 bits per heavy atom. The van der Waals surface area contributed by atoms with Crippen molar-refractivity contribution in [1.29, 1.82) is 0 Å². The van der Waals surface area contributed by atoms with Crippen molar-refractivity contribution in [1.82, 2.24) is 0 Å². The first kappa shape index (κ1) is 15.4. The summed E-state index contributed by atoms with van der Waals surface area (Å²) in [7, 11) is -3.13. The van der Waals surface area contributed by atoms with Crippen LogP contribution >= 0.6 is 7.49 Å². The molecular formula is C19H17O3P. The number of hydrogen-bond donors (Lipinski definition) is 2. The molecule has 0 amide bonds. The fourth-order valence-corrected chi connectivity index (χ4v) is 5.71. The van der Waals surface area contributed by atoms with Crippen molar-refractivity contribution < 1.29 is 14.8 Å². The summed E-state index contributed by atoms with van der Waals surface area (Å²) < 4.78 is 0. The van der Waals surface area contributed by atoms with Crippen LogP contribution in [0.4, 0.5) is 0 Å². The molecule has 0 aliphatic carbocycles. The molecule has 116 valence electrons. The average molecular weight is 324 g/mol. The standard InChI is InChI=1S/C19H17O3P/c20-19(21)15-11-13-18(14-12-15)23(22,16-7-3-1-4-8-16)17-9-5-2-6-10-17/h1-14,22-23H,(H,20,21). The second-order valence-corrected chi connectivity index (χ2v) is 8.48. The first-order valence-electron chi connectivity index (χ1n) is 7.29. The molecule has 3 nitrogen and oxygen atoms in total. The van der Waals surface area contributed by atoms with Gasteiger partial charge in [0, 0.05) is 0 Å². The summed E-state index contributed by atoms with van der Waals surface area (Å²) >= 11 is 0. The maximum atomic E-state index is 11.6. The molecule has 3 rings (SSSR count). The topological polar surface area (TPSA) is 57.5 Å². The SMILES string of the molecule is O=C(O)c1ccc([PH](O)(c2ccccc2)c2ccccc2)cc1. The van der Waals surface area contributed by atoms with Crippen molar-refractivity contribution in [3.05, 3.63) is 90.5 Å². The van der Waals surface area contributed by atoms with Gasteiger partial charge in [0.1, 0.15) is 0 Å². The van der Waals surface area contributed by atoms with Gasteiger partial charge in [-0.05, 0) is 0 Å². The van der Waals surface area contributed by atoms with Gasteiger partial charge in [-0.1, -0.05) is 0 Å². The van der Waals surface area contributed by atoms with Crippen molar-refractivity contribution >= 4 is 29.4 Å². The number of rotatable bonds is 4. The summed E-state index contributed by atoms with van der Waals surface area (Å²) in [4.78, 5) is 22.7. The van der Waals surface area contributed by atoms with Gasteiger partial charge in [-0.3, -0.25) is 0 Å². The summed E-state index contributed by atoms with van der Waals surface area (Å²) in [5, 5.41) is 11.6. The quantitative estimate of drug-likeness (QED) is 0.724. The number of benzene rings is 3. The first-order chi connectivity index (χ1) is 11.1. The van der Waals surface area contributed by atoms with E-state index >= 15 is 0 Å². The van der Waals surface area contributed by atoms with Gasteiger partial charge >= 0.3 is 135 Å². The number of carboxylic acid groups (broad SMARTS) is 1. The van der Waals surface area contributed by atoms with Crippen molar-refractivity contribution in [2.75, 3.05) is 0 Å². The molecule has 0 bridgehead atoms. The molecule has 3 aromatic carbocycles. The van der Waals surface area contributed by atoms with Crippen LogP contribution < -0.4 is 15.9 Å². The number of carboxylic acids is 1. The molecule has 0 saturated heterocycles. The Balaban J connectivity index is 2.18. The van der Waals surface area contributed by atoms with Crippen LogP contribution in [0.3, 0.4) is 0 Å². The Bertz CT molecular complexity index is 760. The molecule has 23 heavy (non-hydrogen) atoms. The number of aromatic carboxylic acids is 1. The second kappa shape index (κ2) is 6.33. The molecule has 0 spiro atoms. The van der Waals surface area contributed by atoms with Crippen molar-refractivity contribution in [3.63, 3.8) is 0 Å². The predicted octanol–water partition coefficient (Wildman–Crippen LogP) is 2.32. The summed E-state index contributed by atoms with van der Waals surface area (Å²) in [6.07, 6.45) is 0. The summed E-state index contributed by atoms with van der Waals surface area (Å²) in [5.41, 5.74) is 0.214. The minimum absolute atomic E-state index is 0.214. The zero-order valence-electron chi connectivity index (χ0n) is 12.4. The van der Waals surface area contributed by atoms with Crippen LogP contribution in [0.15, 0.2) is 84.9 Å². The van der Waals surface area contributed by atoms with E-state index in [0.717, 1.165) is 15.9 Å². The Hall–Kier alpha value is -2.48. The van der Waals surface area contributed by atoms with Crippen LogP contribution in [0.25, 0.3) is 0 Å². The first-order valence-corrected chi connectivity index (χ1v) is 9.24. The van der Waals surface area contributed by atoms with Crippen LogP contribution in [0.2, 0.25) is 0 Å². The Morgan fingerprint density at radius 2 is 1.04 bits per heavy atom. The monoisotopic (exact) mass is 324 g/mol. The van der Waals surface area contributed by atoms with Crippen molar-refractivity contribution in [3.8, 4) is 0 Å². The zero-order valence-corrected chi connectivity index (χ0v) is 13.4. The molecule has 0 radical (unpaired) electrons. The zero-order chi connectivity index (χ0) is 16.3. The Morgan fingerprint density at radius 3 is 1.43 bits per heavy atom. The molecule has 0 atom stereocenters. The molecule has 0 heterocycles. The van der Waals surface area contributed by atoms with Gasteiger partial charge in [-0.25, -0.2) is 0 Å². The summed E-state index contributed by atoms with van der Waals surface area (Å²) in [6.45, 7) is 0. The molecule has 0 fully saturated rings. The van der Waals surface area contributed by atoms with Gasteiger partial charge in [0.05, 0.1) is 0 Å². The third-order valence-electron chi connectivity index (χ3n) is 3.93. The van der Waals surface area contributed by atoms with Crippen LogP contribution in [-0.2, 0) is 0 Å². The second-order valence-electron chi connectivity index (χ2n) is 5.32. The van der Waals surface area contributed by atoms with Crippen molar-refractivity contribution in [2.24, 2.45) is 0 Å². The van der Waals surface area contributed by atoms with E-state index in [2.05, 4.69) is 0 Å². The molecule has 0 unspecified atom stereocenters. The summed E-state index contributed by atoms with van der Waals surface area (Å²) in [6, 6.07) is 25.7. The van der Waals surface area contributed by atoms with E-state index in [0.29, 0.717) is 0 Å². The third kappa shape index (κ3) is 2.89. The molecular weight excluding hydrogens is 307 g/mol. The van der Waals surface area contributed by atoms with Gasteiger partial charge < -0.3 is 0 Å². The minimum atomic E-state index is -3.13. The predicted molar refractivity (Wildman–Crippen MR) is 95.7 cm³/mol. The normalized spacial score (nSPS) is 11.9. The van der Waals surface area contributed by atoms with E-state index < -0.39 is 13.5 Å².